The summed E-state index contributed by atoms with van der Waals surface area (Å²) in [5.41, 5.74) is 0.475. The summed E-state index contributed by atoms with van der Waals surface area (Å²) >= 11 is 11.9. The summed E-state index contributed by atoms with van der Waals surface area (Å²) < 4.78 is 10.5. The lowest BCUT2D eigenvalue weighted by atomic mass is 10.2. The first-order valence-electron chi connectivity index (χ1n) is 7.47. The Bertz CT molecular complexity index is 783. The van der Waals surface area contributed by atoms with E-state index in [9.17, 15) is 9.59 Å². The summed E-state index contributed by atoms with van der Waals surface area (Å²) in [5, 5.41) is 3.31. The van der Waals surface area contributed by atoms with Crippen LogP contribution in [0.5, 0.6) is 5.88 Å². The van der Waals surface area contributed by atoms with E-state index in [1.165, 1.54) is 25.3 Å². The highest BCUT2D eigenvalue weighted by Crippen LogP contribution is 2.25. The molecule has 1 amide bonds. The summed E-state index contributed by atoms with van der Waals surface area (Å²) in [6.07, 6.45) is 0.441. The van der Waals surface area contributed by atoms with Gasteiger partial charge >= 0.3 is 5.97 Å². The van der Waals surface area contributed by atoms with Crippen LogP contribution in [-0.2, 0) is 9.53 Å². The van der Waals surface area contributed by atoms with Gasteiger partial charge in [0.2, 0.25) is 5.88 Å². The molecule has 0 aliphatic carbocycles. The fourth-order valence-electron chi connectivity index (χ4n) is 1.90. The highest BCUT2D eigenvalue weighted by atomic mass is 35.5. The van der Waals surface area contributed by atoms with Gasteiger partial charge < -0.3 is 14.8 Å². The number of pyridine rings is 1. The van der Waals surface area contributed by atoms with Crippen LogP contribution < -0.4 is 10.1 Å². The molecule has 0 bridgehead atoms. The predicted octanol–water partition coefficient (Wildman–Crippen LogP) is 3.97. The molecule has 1 aromatic carbocycles. The Kier molecular flexibility index (Phi) is 6.61. The summed E-state index contributed by atoms with van der Waals surface area (Å²) in [5.74, 6) is -1.10. The third kappa shape index (κ3) is 5.08. The minimum Gasteiger partial charge on any atom is -0.477 e. The largest absolute Gasteiger partial charge is 0.477 e. The number of aromatic nitrogens is 1. The van der Waals surface area contributed by atoms with Gasteiger partial charge in [-0.3, -0.25) is 4.79 Å². The minimum absolute atomic E-state index is 0.143. The Labute approximate surface area is 155 Å². The SMILES string of the molecule is CCOc1ncccc1C(=O)OC(C)C(=O)Nc1cc(Cl)ccc1Cl. The highest BCUT2D eigenvalue weighted by Gasteiger charge is 2.22. The smallest absolute Gasteiger partial charge is 0.344 e. The van der Waals surface area contributed by atoms with Gasteiger partial charge in [-0.05, 0) is 44.2 Å². The molecule has 0 radical (unpaired) electrons. The molecule has 0 spiro atoms. The van der Waals surface area contributed by atoms with Crippen LogP contribution in [0.4, 0.5) is 5.69 Å². The van der Waals surface area contributed by atoms with Crippen LogP contribution in [0.3, 0.4) is 0 Å². The molecule has 1 heterocycles. The van der Waals surface area contributed by atoms with E-state index in [0.29, 0.717) is 22.3 Å². The lowest BCUT2D eigenvalue weighted by Gasteiger charge is -2.15. The monoisotopic (exact) mass is 382 g/mol. The van der Waals surface area contributed by atoms with Crippen molar-refractivity contribution in [3.05, 3.63) is 52.1 Å². The standard InChI is InChI=1S/C17H16Cl2N2O4/c1-3-24-16-12(5-4-8-20-16)17(23)25-10(2)15(22)21-14-9-11(18)6-7-13(14)19/h4-10H,3H2,1-2H3,(H,21,22). The molecule has 0 aliphatic rings. The van der Waals surface area contributed by atoms with Gasteiger partial charge in [0.25, 0.3) is 5.91 Å². The second-order valence-corrected chi connectivity index (χ2v) is 5.79. The van der Waals surface area contributed by atoms with Crippen LogP contribution in [0, 0.1) is 0 Å². The number of nitrogens with one attached hydrogen (secondary N) is 1. The van der Waals surface area contributed by atoms with Crippen LogP contribution in [0.2, 0.25) is 10.0 Å². The molecular formula is C17H16Cl2N2O4. The zero-order chi connectivity index (χ0) is 18.4. The van der Waals surface area contributed by atoms with E-state index in [-0.39, 0.29) is 11.4 Å². The fraction of sp³-hybridized carbons (Fsp3) is 0.235. The van der Waals surface area contributed by atoms with Crippen LogP contribution in [0.15, 0.2) is 36.5 Å². The molecule has 1 atom stereocenters. The molecule has 0 aliphatic heterocycles. The number of halogens is 2. The molecule has 2 aromatic rings. The zero-order valence-electron chi connectivity index (χ0n) is 13.6. The molecule has 1 aromatic heterocycles. The molecule has 1 unspecified atom stereocenters. The normalized spacial score (nSPS) is 11.5. The van der Waals surface area contributed by atoms with Crippen molar-refractivity contribution in [1.82, 2.24) is 4.98 Å². The Balaban J connectivity index is 2.06. The first-order valence-corrected chi connectivity index (χ1v) is 8.22. The van der Waals surface area contributed by atoms with Crippen LogP contribution in [0.25, 0.3) is 0 Å². The topological polar surface area (TPSA) is 77.5 Å². The second kappa shape index (κ2) is 8.69. The molecule has 6 nitrogen and oxygen atoms in total. The van der Waals surface area contributed by atoms with E-state index < -0.39 is 18.0 Å². The summed E-state index contributed by atoms with van der Waals surface area (Å²) in [6.45, 7) is 3.57. The third-order valence-corrected chi connectivity index (χ3v) is 3.68. The first kappa shape index (κ1) is 19.0. The summed E-state index contributed by atoms with van der Waals surface area (Å²) in [6, 6.07) is 7.75. The number of carbonyl (C=O) groups excluding carboxylic acids is 2. The van der Waals surface area contributed by atoms with Crippen molar-refractivity contribution in [2.45, 2.75) is 20.0 Å². The van der Waals surface area contributed by atoms with Gasteiger partial charge in [-0.1, -0.05) is 23.2 Å². The Morgan fingerprint density at radius 1 is 1.28 bits per heavy atom. The van der Waals surface area contributed by atoms with E-state index in [4.69, 9.17) is 32.7 Å². The number of anilines is 1. The maximum absolute atomic E-state index is 12.3. The number of amides is 1. The van der Waals surface area contributed by atoms with Crippen LogP contribution in [-0.4, -0.2) is 29.6 Å². The van der Waals surface area contributed by atoms with Gasteiger partial charge in [0, 0.05) is 11.2 Å². The Morgan fingerprint density at radius 3 is 2.76 bits per heavy atom. The average Bonchev–Trinajstić information content (AvgIpc) is 2.58. The van der Waals surface area contributed by atoms with Crippen molar-refractivity contribution in [2.75, 3.05) is 11.9 Å². The number of rotatable bonds is 6. The lowest BCUT2D eigenvalue weighted by molar-refractivity contribution is -0.123. The molecular weight excluding hydrogens is 367 g/mol. The Hall–Kier alpha value is -2.31. The molecule has 0 saturated heterocycles. The van der Waals surface area contributed by atoms with Crippen molar-refractivity contribution >= 4 is 40.8 Å². The van der Waals surface area contributed by atoms with Crippen molar-refractivity contribution in [3.8, 4) is 5.88 Å². The lowest BCUT2D eigenvalue weighted by Crippen LogP contribution is -2.30. The van der Waals surface area contributed by atoms with Gasteiger partial charge in [-0.2, -0.15) is 0 Å². The van der Waals surface area contributed by atoms with E-state index >= 15 is 0 Å². The van der Waals surface area contributed by atoms with Gasteiger partial charge in [0.1, 0.15) is 5.56 Å². The van der Waals surface area contributed by atoms with Crippen molar-refractivity contribution in [3.63, 3.8) is 0 Å². The molecule has 132 valence electrons. The average molecular weight is 383 g/mol. The fourth-order valence-corrected chi connectivity index (χ4v) is 2.24. The Morgan fingerprint density at radius 2 is 2.04 bits per heavy atom. The van der Waals surface area contributed by atoms with E-state index in [1.54, 1.807) is 25.1 Å². The number of carbonyl (C=O) groups is 2. The molecule has 1 N–H and O–H groups in total. The number of esters is 1. The number of nitrogens with zero attached hydrogens (tertiary/aromatic N) is 1. The van der Waals surface area contributed by atoms with E-state index in [1.807, 2.05) is 0 Å². The number of hydrogen-bond donors (Lipinski definition) is 1. The molecule has 0 saturated carbocycles. The molecule has 8 heteroatoms. The van der Waals surface area contributed by atoms with Crippen LogP contribution in [0.1, 0.15) is 24.2 Å². The maximum atomic E-state index is 12.3. The third-order valence-electron chi connectivity index (χ3n) is 3.11. The molecule has 0 fully saturated rings. The van der Waals surface area contributed by atoms with Gasteiger partial charge in [-0.25, -0.2) is 9.78 Å². The molecule has 25 heavy (non-hydrogen) atoms. The number of ether oxygens (including phenoxy) is 2. The minimum atomic E-state index is -1.06. The second-order valence-electron chi connectivity index (χ2n) is 4.95. The maximum Gasteiger partial charge on any atom is 0.344 e. The van der Waals surface area contributed by atoms with E-state index in [0.717, 1.165) is 0 Å². The predicted molar refractivity (Wildman–Crippen MR) is 95.4 cm³/mol. The zero-order valence-corrected chi connectivity index (χ0v) is 15.1. The highest BCUT2D eigenvalue weighted by molar-refractivity contribution is 6.35. The summed E-state index contributed by atoms with van der Waals surface area (Å²) in [7, 11) is 0. The van der Waals surface area contributed by atoms with Crippen molar-refractivity contribution < 1.29 is 19.1 Å². The van der Waals surface area contributed by atoms with Gasteiger partial charge in [-0.15, -0.1) is 0 Å². The quantitative estimate of drug-likeness (QED) is 0.764. The number of benzene rings is 1. The van der Waals surface area contributed by atoms with Crippen molar-refractivity contribution in [2.24, 2.45) is 0 Å². The number of hydrogen-bond acceptors (Lipinski definition) is 5. The van der Waals surface area contributed by atoms with Gasteiger partial charge in [0.15, 0.2) is 6.10 Å². The van der Waals surface area contributed by atoms with Gasteiger partial charge in [0.05, 0.1) is 17.3 Å². The van der Waals surface area contributed by atoms with Crippen molar-refractivity contribution in [1.29, 1.82) is 0 Å². The van der Waals surface area contributed by atoms with Crippen LogP contribution >= 0.6 is 23.2 Å². The van der Waals surface area contributed by atoms with E-state index in [2.05, 4.69) is 10.3 Å². The summed E-state index contributed by atoms with van der Waals surface area (Å²) in [4.78, 5) is 28.5. The first-order chi connectivity index (χ1) is 11.9. The molecule has 2 rings (SSSR count).